The number of ether oxygens (including phenoxy) is 1. The van der Waals surface area contributed by atoms with Gasteiger partial charge in [0.1, 0.15) is 23.1 Å². The minimum Gasteiger partial charge on any atom is -0.457 e. The minimum atomic E-state index is -0.511. The molecule has 0 aliphatic heterocycles. The quantitative estimate of drug-likeness (QED) is 0.397. The third-order valence-electron chi connectivity index (χ3n) is 4.02. The molecule has 0 unspecified atom stereocenters. The SMILES string of the molecule is Cc1cc(Cl)ccc1N/C=C(/C#N)C(=O)Nc1ccc(Oc2ccccc2)cc1. The molecule has 29 heavy (non-hydrogen) atoms. The Hall–Kier alpha value is -3.75. The molecule has 0 fully saturated rings. The van der Waals surface area contributed by atoms with Gasteiger partial charge in [-0.15, -0.1) is 0 Å². The predicted molar refractivity (Wildman–Crippen MR) is 115 cm³/mol. The summed E-state index contributed by atoms with van der Waals surface area (Å²) in [6, 6.07) is 23.5. The van der Waals surface area contributed by atoms with Crippen LogP contribution in [-0.4, -0.2) is 5.91 Å². The molecule has 6 heteroatoms. The number of hydrogen-bond acceptors (Lipinski definition) is 4. The van der Waals surface area contributed by atoms with E-state index in [4.69, 9.17) is 16.3 Å². The molecule has 0 saturated carbocycles. The predicted octanol–water partition coefficient (Wildman–Crippen LogP) is 5.90. The second-order valence-electron chi connectivity index (χ2n) is 6.17. The summed E-state index contributed by atoms with van der Waals surface area (Å²) >= 11 is 5.94. The number of amides is 1. The molecule has 0 radical (unpaired) electrons. The number of nitrogens with one attached hydrogen (secondary N) is 2. The fourth-order valence-electron chi connectivity index (χ4n) is 2.52. The molecular formula is C23H18ClN3O2. The van der Waals surface area contributed by atoms with E-state index >= 15 is 0 Å². The van der Waals surface area contributed by atoms with E-state index in [-0.39, 0.29) is 5.57 Å². The maximum absolute atomic E-state index is 12.4. The van der Waals surface area contributed by atoms with Crippen LogP contribution in [0, 0.1) is 18.3 Å². The number of carbonyl (C=O) groups excluding carboxylic acids is 1. The second kappa shape index (κ2) is 9.45. The second-order valence-corrected chi connectivity index (χ2v) is 6.60. The molecule has 3 rings (SSSR count). The lowest BCUT2D eigenvalue weighted by molar-refractivity contribution is -0.112. The number of halogens is 1. The van der Waals surface area contributed by atoms with Crippen molar-refractivity contribution in [3.63, 3.8) is 0 Å². The third kappa shape index (κ3) is 5.61. The molecule has 1 amide bonds. The Morgan fingerprint density at radius 2 is 1.72 bits per heavy atom. The van der Waals surface area contributed by atoms with E-state index in [1.807, 2.05) is 43.3 Å². The number of anilines is 2. The van der Waals surface area contributed by atoms with Gasteiger partial charge in [0, 0.05) is 22.6 Å². The normalized spacial score (nSPS) is 10.7. The van der Waals surface area contributed by atoms with Gasteiger partial charge in [-0.25, -0.2) is 0 Å². The van der Waals surface area contributed by atoms with E-state index < -0.39 is 5.91 Å². The van der Waals surface area contributed by atoms with Crippen molar-refractivity contribution < 1.29 is 9.53 Å². The van der Waals surface area contributed by atoms with Crippen LogP contribution >= 0.6 is 11.6 Å². The summed E-state index contributed by atoms with van der Waals surface area (Å²) in [6.07, 6.45) is 1.37. The van der Waals surface area contributed by atoms with Crippen LogP contribution in [0.4, 0.5) is 11.4 Å². The van der Waals surface area contributed by atoms with E-state index in [9.17, 15) is 10.1 Å². The van der Waals surface area contributed by atoms with E-state index in [1.54, 1.807) is 42.5 Å². The van der Waals surface area contributed by atoms with Crippen molar-refractivity contribution in [2.45, 2.75) is 6.92 Å². The van der Waals surface area contributed by atoms with E-state index in [2.05, 4.69) is 10.6 Å². The lowest BCUT2D eigenvalue weighted by atomic mass is 10.2. The van der Waals surface area contributed by atoms with Crippen LogP contribution in [0.25, 0.3) is 0 Å². The molecule has 2 N–H and O–H groups in total. The number of nitriles is 1. The average Bonchev–Trinajstić information content (AvgIpc) is 2.72. The maximum Gasteiger partial charge on any atom is 0.267 e. The van der Waals surface area contributed by atoms with E-state index in [1.165, 1.54) is 6.20 Å². The van der Waals surface area contributed by atoms with Crippen molar-refractivity contribution >= 4 is 28.9 Å². The zero-order chi connectivity index (χ0) is 20.6. The molecule has 0 spiro atoms. The summed E-state index contributed by atoms with van der Waals surface area (Å²) in [5, 5.41) is 15.6. The molecule has 5 nitrogen and oxygen atoms in total. The van der Waals surface area contributed by atoms with Crippen molar-refractivity contribution in [2.24, 2.45) is 0 Å². The summed E-state index contributed by atoms with van der Waals surface area (Å²) in [4.78, 5) is 12.4. The topological polar surface area (TPSA) is 74.2 Å². The fraction of sp³-hybridized carbons (Fsp3) is 0.0435. The number of aryl methyl sites for hydroxylation is 1. The lowest BCUT2D eigenvalue weighted by Crippen LogP contribution is -2.14. The molecule has 144 valence electrons. The van der Waals surface area contributed by atoms with Crippen LogP contribution in [0.2, 0.25) is 5.02 Å². The van der Waals surface area contributed by atoms with E-state index in [0.717, 1.165) is 17.0 Å². The molecule has 3 aromatic carbocycles. The molecule has 0 bridgehead atoms. The lowest BCUT2D eigenvalue weighted by Gasteiger charge is -2.09. The molecule has 0 aromatic heterocycles. The van der Waals surface area contributed by atoms with Crippen LogP contribution in [0.1, 0.15) is 5.56 Å². The largest absolute Gasteiger partial charge is 0.457 e. The Morgan fingerprint density at radius 1 is 1.03 bits per heavy atom. The summed E-state index contributed by atoms with van der Waals surface area (Å²) in [5.41, 5.74) is 2.17. The Morgan fingerprint density at radius 3 is 2.38 bits per heavy atom. The van der Waals surface area contributed by atoms with Crippen LogP contribution in [-0.2, 0) is 4.79 Å². The smallest absolute Gasteiger partial charge is 0.267 e. The highest BCUT2D eigenvalue weighted by atomic mass is 35.5. The Labute approximate surface area is 174 Å². The first-order chi connectivity index (χ1) is 14.0. The van der Waals surface area contributed by atoms with Gasteiger partial charge in [0.15, 0.2) is 0 Å². The number of hydrogen-bond donors (Lipinski definition) is 2. The molecule has 0 atom stereocenters. The number of nitrogens with zero attached hydrogens (tertiary/aromatic N) is 1. The van der Waals surface area contributed by atoms with Crippen molar-refractivity contribution in [3.8, 4) is 17.6 Å². The Kier molecular flexibility index (Phi) is 6.51. The summed E-state index contributed by atoms with van der Waals surface area (Å²) in [6.45, 7) is 1.88. The first-order valence-corrected chi connectivity index (χ1v) is 9.20. The summed E-state index contributed by atoms with van der Waals surface area (Å²) < 4.78 is 5.72. The van der Waals surface area contributed by atoms with Gasteiger partial charge >= 0.3 is 0 Å². The van der Waals surface area contributed by atoms with Crippen LogP contribution in [0.15, 0.2) is 84.6 Å². The third-order valence-corrected chi connectivity index (χ3v) is 4.25. The van der Waals surface area contributed by atoms with Gasteiger partial charge in [0.05, 0.1) is 0 Å². The molecule has 0 aliphatic carbocycles. The minimum absolute atomic E-state index is 0.0519. The molecule has 0 aliphatic rings. The molecular weight excluding hydrogens is 386 g/mol. The standard InChI is InChI=1S/C23H18ClN3O2/c1-16-13-18(24)7-12-22(16)26-15-17(14-25)23(28)27-19-8-10-21(11-9-19)29-20-5-3-2-4-6-20/h2-13,15,26H,1H3,(H,27,28)/b17-15-. The highest BCUT2D eigenvalue weighted by Gasteiger charge is 2.10. The van der Waals surface area contributed by atoms with Gasteiger partial charge in [0.25, 0.3) is 5.91 Å². The first kappa shape index (κ1) is 20.0. The van der Waals surface area contributed by atoms with Gasteiger partial charge in [-0.3, -0.25) is 4.79 Å². The van der Waals surface area contributed by atoms with Crippen LogP contribution < -0.4 is 15.4 Å². The number of para-hydroxylation sites is 1. The van der Waals surface area contributed by atoms with Crippen LogP contribution in [0.5, 0.6) is 11.5 Å². The van der Waals surface area contributed by atoms with Crippen molar-refractivity contribution in [2.75, 3.05) is 10.6 Å². The highest BCUT2D eigenvalue weighted by Crippen LogP contribution is 2.23. The van der Waals surface area contributed by atoms with Crippen molar-refractivity contribution in [1.82, 2.24) is 0 Å². The highest BCUT2D eigenvalue weighted by molar-refractivity contribution is 6.30. The molecule has 0 heterocycles. The maximum atomic E-state index is 12.4. The number of benzene rings is 3. The van der Waals surface area contributed by atoms with Gasteiger partial charge in [-0.2, -0.15) is 5.26 Å². The van der Waals surface area contributed by atoms with Gasteiger partial charge in [0.2, 0.25) is 0 Å². The monoisotopic (exact) mass is 403 g/mol. The summed E-state index contributed by atoms with van der Waals surface area (Å²) in [5.74, 6) is 0.857. The zero-order valence-electron chi connectivity index (χ0n) is 15.6. The van der Waals surface area contributed by atoms with Gasteiger partial charge in [-0.1, -0.05) is 29.8 Å². The Bertz CT molecular complexity index is 1070. The van der Waals surface area contributed by atoms with Crippen molar-refractivity contribution in [3.05, 3.63) is 95.2 Å². The Balaban J connectivity index is 1.64. The zero-order valence-corrected chi connectivity index (χ0v) is 16.4. The van der Waals surface area contributed by atoms with Gasteiger partial charge in [-0.05, 0) is 67.1 Å². The molecule has 3 aromatic rings. The van der Waals surface area contributed by atoms with Gasteiger partial charge < -0.3 is 15.4 Å². The fourth-order valence-corrected chi connectivity index (χ4v) is 2.74. The van der Waals surface area contributed by atoms with E-state index in [0.29, 0.717) is 16.5 Å². The summed E-state index contributed by atoms with van der Waals surface area (Å²) in [7, 11) is 0. The number of carbonyl (C=O) groups is 1. The van der Waals surface area contributed by atoms with Crippen molar-refractivity contribution in [1.29, 1.82) is 5.26 Å². The molecule has 0 saturated heterocycles. The number of rotatable bonds is 6. The van der Waals surface area contributed by atoms with Crippen LogP contribution in [0.3, 0.4) is 0 Å². The average molecular weight is 404 g/mol. The first-order valence-electron chi connectivity index (χ1n) is 8.82.